The summed E-state index contributed by atoms with van der Waals surface area (Å²) < 4.78 is 0. The van der Waals surface area contributed by atoms with Crippen LogP contribution in [0.25, 0.3) is 0 Å². The highest BCUT2D eigenvalue weighted by Gasteiger charge is 2.66. The number of hydrogen-bond donors (Lipinski definition) is 1. The zero-order valence-electron chi connectivity index (χ0n) is 22.2. The SMILES string of the molecule is CC1(C)C(O)CCC2(C)C1CCC1(C)C3CCC4(C#Cc5ccsc5C#N)CCCC4C3CCC12. The van der Waals surface area contributed by atoms with Crippen LogP contribution in [0.1, 0.15) is 109 Å². The van der Waals surface area contributed by atoms with E-state index in [2.05, 4.69) is 45.6 Å². The number of nitrogens with zero attached hydrogens (tertiary/aromatic N) is 1. The summed E-state index contributed by atoms with van der Waals surface area (Å²) in [5.74, 6) is 11.2. The number of aliphatic hydroxyl groups excluding tert-OH is 1. The highest BCUT2D eigenvalue weighted by Crippen LogP contribution is 2.72. The molecule has 6 rings (SSSR count). The molecule has 0 spiro atoms. The first kappa shape index (κ1) is 24.1. The minimum absolute atomic E-state index is 0.0396. The molecule has 1 heterocycles. The fraction of sp³-hybridized carbons (Fsp3) is 0.781. The maximum absolute atomic E-state index is 10.9. The lowest BCUT2D eigenvalue weighted by Gasteiger charge is -2.69. The predicted molar refractivity (Wildman–Crippen MR) is 143 cm³/mol. The van der Waals surface area contributed by atoms with Crippen molar-refractivity contribution in [2.45, 2.75) is 104 Å². The van der Waals surface area contributed by atoms with Crippen molar-refractivity contribution in [3.63, 3.8) is 0 Å². The number of rotatable bonds is 0. The van der Waals surface area contributed by atoms with Gasteiger partial charge in [0.25, 0.3) is 0 Å². The first-order chi connectivity index (χ1) is 16.7. The van der Waals surface area contributed by atoms with E-state index in [9.17, 15) is 10.4 Å². The van der Waals surface area contributed by atoms with E-state index in [4.69, 9.17) is 0 Å². The van der Waals surface area contributed by atoms with Crippen molar-refractivity contribution in [3.8, 4) is 17.9 Å². The lowest BCUT2D eigenvalue weighted by molar-refractivity contribution is -0.212. The summed E-state index contributed by atoms with van der Waals surface area (Å²) in [5, 5.41) is 22.4. The van der Waals surface area contributed by atoms with Crippen molar-refractivity contribution in [1.29, 1.82) is 5.26 Å². The van der Waals surface area contributed by atoms with Crippen molar-refractivity contribution in [1.82, 2.24) is 0 Å². The molecule has 9 unspecified atom stereocenters. The molecule has 0 aromatic carbocycles. The number of nitriles is 1. The molecule has 9 atom stereocenters. The summed E-state index contributed by atoms with van der Waals surface area (Å²) in [6.07, 6.45) is 14.0. The van der Waals surface area contributed by atoms with E-state index in [1.54, 1.807) is 0 Å². The highest BCUT2D eigenvalue weighted by molar-refractivity contribution is 7.10. The molecule has 0 bridgehead atoms. The van der Waals surface area contributed by atoms with Crippen LogP contribution in [0.2, 0.25) is 0 Å². The van der Waals surface area contributed by atoms with Gasteiger partial charge in [0.1, 0.15) is 10.9 Å². The van der Waals surface area contributed by atoms with Gasteiger partial charge in [-0.05, 0) is 121 Å². The summed E-state index contributed by atoms with van der Waals surface area (Å²) in [6, 6.07) is 4.38. The fourth-order valence-electron chi connectivity index (χ4n) is 11.1. The van der Waals surface area contributed by atoms with E-state index in [1.165, 1.54) is 75.5 Å². The molecule has 1 N–H and O–H groups in total. The second-order valence-electron chi connectivity index (χ2n) is 14.1. The van der Waals surface area contributed by atoms with Crippen LogP contribution >= 0.6 is 11.3 Å². The van der Waals surface area contributed by atoms with Gasteiger partial charge in [-0.3, -0.25) is 0 Å². The van der Waals surface area contributed by atoms with Crippen LogP contribution in [0.15, 0.2) is 11.4 Å². The smallest absolute Gasteiger partial charge is 0.120 e. The molecule has 188 valence electrons. The zero-order chi connectivity index (χ0) is 24.6. The van der Waals surface area contributed by atoms with Crippen LogP contribution in [0.5, 0.6) is 0 Å². The van der Waals surface area contributed by atoms with Gasteiger partial charge in [0, 0.05) is 5.41 Å². The van der Waals surface area contributed by atoms with Crippen molar-refractivity contribution in [3.05, 3.63) is 21.9 Å². The van der Waals surface area contributed by atoms with Crippen molar-refractivity contribution >= 4 is 11.3 Å². The van der Waals surface area contributed by atoms with Crippen LogP contribution in [0.4, 0.5) is 0 Å². The van der Waals surface area contributed by atoms with E-state index in [1.807, 2.05) is 11.4 Å². The summed E-state index contributed by atoms with van der Waals surface area (Å²) >= 11 is 1.52. The molecule has 1 aromatic heterocycles. The predicted octanol–water partition coefficient (Wildman–Crippen LogP) is 7.80. The van der Waals surface area contributed by atoms with Crippen molar-refractivity contribution in [2.24, 2.45) is 51.2 Å². The normalized spacial score (nSPS) is 47.8. The fourth-order valence-corrected chi connectivity index (χ4v) is 11.7. The van der Waals surface area contributed by atoms with Gasteiger partial charge in [-0.2, -0.15) is 5.26 Å². The van der Waals surface area contributed by atoms with E-state index in [-0.39, 0.29) is 16.9 Å². The molecule has 0 amide bonds. The second kappa shape index (κ2) is 8.10. The molecule has 3 heteroatoms. The molecule has 0 aliphatic heterocycles. The molecule has 5 fully saturated rings. The van der Waals surface area contributed by atoms with Gasteiger partial charge in [0.05, 0.1) is 11.7 Å². The van der Waals surface area contributed by atoms with Gasteiger partial charge in [-0.15, -0.1) is 11.3 Å². The highest BCUT2D eigenvalue weighted by atomic mass is 32.1. The molecule has 5 aliphatic rings. The Morgan fingerprint density at radius 1 is 0.886 bits per heavy atom. The second-order valence-corrected chi connectivity index (χ2v) is 15.0. The molecule has 0 saturated heterocycles. The van der Waals surface area contributed by atoms with Crippen molar-refractivity contribution < 1.29 is 5.11 Å². The Bertz CT molecular complexity index is 1100. The van der Waals surface area contributed by atoms with Crippen LogP contribution in [-0.2, 0) is 0 Å². The third-order valence-electron chi connectivity index (χ3n) is 12.7. The lowest BCUT2D eigenvalue weighted by atomic mass is 9.36. The Hall–Kier alpha value is -1.29. The van der Waals surface area contributed by atoms with E-state index < -0.39 is 0 Å². The van der Waals surface area contributed by atoms with Crippen LogP contribution in [-0.4, -0.2) is 11.2 Å². The average molecular weight is 490 g/mol. The van der Waals surface area contributed by atoms with Gasteiger partial charge >= 0.3 is 0 Å². The first-order valence-electron chi connectivity index (χ1n) is 14.3. The van der Waals surface area contributed by atoms with Gasteiger partial charge in [0.15, 0.2) is 0 Å². The van der Waals surface area contributed by atoms with E-state index >= 15 is 0 Å². The molecule has 1 aromatic rings. The quantitative estimate of drug-likeness (QED) is 0.378. The van der Waals surface area contributed by atoms with E-state index in [0.29, 0.717) is 16.7 Å². The Balaban J connectivity index is 1.30. The number of thiophene rings is 1. The molecule has 0 radical (unpaired) electrons. The molecule has 2 nitrogen and oxygen atoms in total. The Labute approximate surface area is 216 Å². The van der Waals surface area contributed by atoms with Gasteiger partial charge in [-0.25, -0.2) is 0 Å². The van der Waals surface area contributed by atoms with Crippen LogP contribution in [0.3, 0.4) is 0 Å². The molecular weight excluding hydrogens is 446 g/mol. The van der Waals surface area contributed by atoms with Gasteiger partial charge < -0.3 is 5.11 Å². The average Bonchev–Trinajstić information content (AvgIpc) is 3.47. The van der Waals surface area contributed by atoms with Crippen LogP contribution < -0.4 is 0 Å². The summed E-state index contributed by atoms with van der Waals surface area (Å²) in [7, 11) is 0. The number of aliphatic hydroxyl groups is 1. The minimum Gasteiger partial charge on any atom is -0.393 e. The number of hydrogen-bond acceptors (Lipinski definition) is 3. The van der Waals surface area contributed by atoms with Crippen molar-refractivity contribution in [2.75, 3.05) is 0 Å². The van der Waals surface area contributed by atoms with E-state index in [0.717, 1.165) is 40.5 Å². The monoisotopic (exact) mass is 489 g/mol. The van der Waals surface area contributed by atoms with Gasteiger partial charge in [-0.1, -0.05) is 46.0 Å². The minimum atomic E-state index is -0.140. The third kappa shape index (κ3) is 3.30. The Kier molecular flexibility index (Phi) is 5.57. The zero-order valence-corrected chi connectivity index (χ0v) is 23.0. The summed E-state index contributed by atoms with van der Waals surface area (Å²) in [4.78, 5) is 0.774. The number of fused-ring (bicyclic) bond motifs is 7. The molecule has 5 saturated carbocycles. The lowest BCUT2D eigenvalue weighted by Crippen LogP contribution is -2.63. The topological polar surface area (TPSA) is 44.0 Å². The third-order valence-corrected chi connectivity index (χ3v) is 13.5. The summed E-state index contributed by atoms with van der Waals surface area (Å²) in [6.45, 7) is 10.0. The largest absolute Gasteiger partial charge is 0.393 e. The molecule has 35 heavy (non-hydrogen) atoms. The standard InChI is InChI=1S/C32H43NOS/c1-29(2)26-11-15-30(3)23-10-18-32(17-9-21-13-19-35-25(21)20-33)14-5-6-24(32)22(23)7-8-27(30)31(26,4)16-12-28(29)34/h13,19,22-24,26-28,34H,5-8,10-12,14-16,18H2,1-4H3. The van der Waals surface area contributed by atoms with Gasteiger partial charge in [0.2, 0.25) is 0 Å². The molecular formula is C32H43NOS. The van der Waals surface area contributed by atoms with Crippen LogP contribution in [0, 0.1) is 74.4 Å². The summed E-state index contributed by atoms with van der Waals surface area (Å²) in [5.41, 5.74) is 1.98. The maximum atomic E-state index is 10.9. The molecule has 5 aliphatic carbocycles. The first-order valence-corrected chi connectivity index (χ1v) is 15.2. The Morgan fingerprint density at radius 2 is 1.69 bits per heavy atom. The Morgan fingerprint density at radius 3 is 2.49 bits per heavy atom. The maximum Gasteiger partial charge on any atom is 0.120 e.